The van der Waals surface area contributed by atoms with Crippen molar-refractivity contribution in [2.75, 3.05) is 27.2 Å². The Morgan fingerprint density at radius 2 is 1.85 bits per heavy atom. The maximum atomic E-state index is 12.6. The summed E-state index contributed by atoms with van der Waals surface area (Å²) in [7, 11) is 3.39. The van der Waals surface area contributed by atoms with E-state index < -0.39 is 0 Å². The lowest BCUT2D eigenvalue weighted by Gasteiger charge is -2.28. The highest BCUT2D eigenvalue weighted by Gasteiger charge is 2.22. The number of nitrogens with zero attached hydrogens (tertiary/aromatic N) is 2. The molecule has 6 heteroatoms. The first-order chi connectivity index (χ1) is 15.9. The standard InChI is InChI=1S/C27H30N2O4/c1-4-5-8-25(31)29-13-6-7-19(17-29)20-14-21-16-24(27(32)28(2)3)33-26(21)23(15-20)18-9-11-22(30)12-10-18/h7,9-12,14-16,30H,4-6,8,13,17H2,1-3H3. The second kappa shape index (κ2) is 9.53. The Bertz CT molecular complexity index is 1200. The van der Waals surface area contributed by atoms with Crippen LogP contribution in [0.2, 0.25) is 0 Å². The fraction of sp³-hybridized carbons (Fsp3) is 0.333. The van der Waals surface area contributed by atoms with Gasteiger partial charge in [-0.3, -0.25) is 9.59 Å². The molecule has 0 radical (unpaired) electrons. The van der Waals surface area contributed by atoms with Crippen LogP contribution in [0.1, 0.15) is 48.7 Å². The van der Waals surface area contributed by atoms with Crippen LogP contribution in [0.25, 0.3) is 27.7 Å². The molecule has 4 rings (SSSR count). The van der Waals surface area contributed by atoms with Gasteiger partial charge in [0.25, 0.3) is 5.91 Å². The smallest absolute Gasteiger partial charge is 0.289 e. The first kappa shape index (κ1) is 22.6. The molecule has 1 aromatic heterocycles. The first-order valence-electron chi connectivity index (χ1n) is 11.4. The average molecular weight is 447 g/mol. The highest BCUT2D eigenvalue weighted by Crippen LogP contribution is 2.36. The number of hydrogen-bond donors (Lipinski definition) is 1. The maximum absolute atomic E-state index is 12.6. The van der Waals surface area contributed by atoms with E-state index in [1.54, 1.807) is 32.3 Å². The third kappa shape index (κ3) is 4.80. The third-order valence-corrected chi connectivity index (χ3v) is 6.03. The molecule has 3 aromatic rings. The predicted octanol–water partition coefficient (Wildman–Crippen LogP) is 5.31. The summed E-state index contributed by atoms with van der Waals surface area (Å²) in [5.41, 5.74) is 4.45. The lowest BCUT2D eigenvalue weighted by molar-refractivity contribution is -0.130. The van der Waals surface area contributed by atoms with E-state index in [0.29, 0.717) is 18.5 Å². The van der Waals surface area contributed by atoms with E-state index in [2.05, 4.69) is 13.0 Å². The van der Waals surface area contributed by atoms with Gasteiger partial charge in [0.1, 0.15) is 11.3 Å². The van der Waals surface area contributed by atoms with Crippen molar-refractivity contribution < 1.29 is 19.1 Å². The van der Waals surface area contributed by atoms with Gasteiger partial charge in [-0.25, -0.2) is 0 Å². The Labute approximate surface area is 194 Å². The average Bonchev–Trinajstić information content (AvgIpc) is 3.26. The first-order valence-corrected chi connectivity index (χ1v) is 11.4. The molecule has 0 saturated heterocycles. The van der Waals surface area contributed by atoms with Crippen molar-refractivity contribution in [3.63, 3.8) is 0 Å². The second-order valence-corrected chi connectivity index (χ2v) is 8.74. The van der Waals surface area contributed by atoms with Gasteiger partial charge in [-0.15, -0.1) is 0 Å². The van der Waals surface area contributed by atoms with Crippen LogP contribution >= 0.6 is 0 Å². The Morgan fingerprint density at radius 1 is 1.09 bits per heavy atom. The van der Waals surface area contributed by atoms with Gasteiger partial charge in [0.2, 0.25) is 5.91 Å². The molecular weight excluding hydrogens is 416 g/mol. The van der Waals surface area contributed by atoms with Gasteiger partial charge in [-0.1, -0.05) is 31.6 Å². The van der Waals surface area contributed by atoms with Crippen LogP contribution in [-0.2, 0) is 4.79 Å². The Hall–Kier alpha value is -3.54. The second-order valence-electron chi connectivity index (χ2n) is 8.74. The number of unbranched alkanes of at least 4 members (excludes halogenated alkanes) is 1. The number of benzene rings is 2. The van der Waals surface area contributed by atoms with E-state index >= 15 is 0 Å². The van der Waals surface area contributed by atoms with E-state index in [0.717, 1.165) is 53.5 Å². The maximum Gasteiger partial charge on any atom is 0.289 e. The SMILES string of the molecule is CCCCC(=O)N1CCC=C(c2cc(-c3ccc(O)cc3)c3oc(C(=O)N(C)C)cc3c2)C1. The fourth-order valence-corrected chi connectivity index (χ4v) is 4.17. The molecule has 2 amide bonds. The predicted molar refractivity (Wildman–Crippen MR) is 130 cm³/mol. The Balaban J connectivity index is 1.77. The van der Waals surface area contributed by atoms with E-state index in [1.807, 2.05) is 29.2 Å². The number of carbonyl (C=O) groups is 2. The minimum atomic E-state index is -0.200. The highest BCUT2D eigenvalue weighted by atomic mass is 16.3. The molecule has 0 spiro atoms. The summed E-state index contributed by atoms with van der Waals surface area (Å²) in [5, 5.41) is 10.6. The van der Waals surface area contributed by atoms with E-state index in [9.17, 15) is 14.7 Å². The van der Waals surface area contributed by atoms with Crippen LogP contribution in [-0.4, -0.2) is 53.9 Å². The largest absolute Gasteiger partial charge is 0.508 e. The lowest BCUT2D eigenvalue weighted by atomic mass is 9.94. The van der Waals surface area contributed by atoms with Crippen LogP contribution in [0.3, 0.4) is 0 Å². The minimum absolute atomic E-state index is 0.185. The summed E-state index contributed by atoms with van der Waals surface area (Å²) < 4.78 is 6.02. The molecule has 172 valence electrons. The number of rotatable bonds is 6. The minimum Gasteiger partial charge on any atom is -0.508 e. The third-order valence-electron chi connectivity index (χ3n) is 6.03. The summed E-state index contributed by atoms with van der Waals surface area (Å²) in [4.78, 5) is 28.6. The molecule has 0 atom stereocenters. The number of phenols is 1. The summed E-state index contributed by atoms with van der Waals surface area (Å²) >= 11 is 0. The lowest BCUT2D eigenvalue weighted by Crippen LogP contribution is -2.35. The van der Waals surface area contributed by atoms with E-state index in [-0.39, 0.29) is 23.3 Å². The highest BCUT2D eigenvalue weighted by molar-refractivity contribution is 6.01. The molecule has 2 heterocycles. The van der Waals surface area contributed by atoms with Crippen LogP contribution in [0.5, 0.6) is 5.75 Å². The van der Waals surface area contributed by atoms with Crippen LogP contribution < -0.4 is 0 Å². The zero-order valence-corrected chi connectivity index (χ0v) is 19.4. The summed E-state index contributed by atoms with van der Waals surface area (Å²) in [6.45, 7) is 3.41. The topological polar surface area (TPSA) is 74.0 Å². The van der Waals surface area contributed by atoms with Crippen LogP contribution in [0, 0.1) is 0 Å². The number of aromatic hydroxyl groups is 1. The Kier molecular flexibility index (Phi) is 6.54. The molecule has 0 aliphatic carbocycles. The van der Waals surface area contributed by atoms with Gasteiger partial charge in [0.05, 0.1) is 0 Å². The fourth-order valence-electron chi connectivity index (χ4n) is 4.17. The summed E-state index contributed by atoms with van der Waals surface area (Å²) in [6.07, 6.45) is 5.50. The van der Waals surface area contributed by atoms with Crippen molar-refractivity contribution in [1.82, 2.24) is 9.80 Å². The number of amides is 2. The summed E-state index contributed by atoms with van der Waals surface area (Å²) in [6, 6.07) is 12.8. The van der Waals surface area contributed by atoms with Gasteiger partial charge >= 0.3 is 0 Å². The van der Waals surface area contributed by atoms with Gasteiger partial charge < -0.3 is 19.3 Å². The molecule has 1 aliphatic rings. The van der Waals surface area contributed by atoms with E-state index in [1.165, 1.54) is 4.90 Å². The normalized spacial score (nSPS) is 13.8. The van der Waals surface area contributed by atoms with Crippen molar-refractivity contribution in [3.05, 3.63) is 59.9 Å². The molecule has 0 bridgehead atoms. The molecule has 0 saturated carbocycles. The molecule has 2 aromatic carbocycles. The Morgan fingerprint density at radius 3 is 2.55 bits per heavy atom. The van der Waals surface area contributed by atoms with Gasteiger partial charge in [-0.2, -0.15) is 0 Å². The summed E-state index contributed by atoms with van der Waals surface area (Å²) in [5.74, 6) is 0.463. The van der Waals surface area contributed by atoms with Crippen molar-refractivity contribution in [1.29, 1.82) is 0 Å². The number of carbonyl (C=O) groups excluding carboxylic acids is 2. The number of hydrogen-bond acceptors (Lipinski definition) is 4. The van der Waals surface area contributed by atoms with Crippen LogP contribution in [0.4, 0.5) is 0 Å². The number of phenolic OH excluding ortho intramolecular Hbond substituents is 1. The molecule has 1 N–H and O–H groups in total. The number of fused-ring (bicyclic) bond motifs is 1. The van der Waals surface area contributed by atoms with Crippen molar-refractivity contribution >= 4 is 28.4 Å². The van der Waals surface area contributed by atoms with Crippen molar-refractivity contribution in [2.24, 2.45) is 0 Å². The molecular formula is C27H30N2O4. The van der Waals surface area contributed by atoms with Crippen molar-refractivity contribution in [2.45, 2.75) is 32.6 Å². The quantitative estimate of drug-likeness (QED) is 0.557. The van der Waals surface area contributed by atoms with E-state index in [4.69, 9.17) is 4.42 Å². The molecule has 1 aliphatic heterocycles. The molecule has 0 unspecified atom stereocenters. The van der Waals surface area contributed by atoms with Crippen LogP contribution in [0.15, 0.2) is 53.0 Å². The zero-order chi connectivity index (χ0) is 23.5. The molecule has 33 heavy (non-hydrogen) atoms. The monoisotopic (exact) mass is 446 g/mol. The van der Waals surface area contributed by atoms with Gasteiger partial charge in [-0.05, 0) is 59.9 Å². The zero-order valence-electron chi connectivity index (χ0n) is 19.4. The van der Waals surface area contributed by atoms with Gasteiger partial charge in [0.15, 0.2) is 5.76 Å². The number of furan rings is 1. The van der Waals surface area contributed by atoms with Gasteiger partial charge in [0, 0.05) is 44.6 Å². The molecule has 6 nitrogen and oxygen atoms in total. The molecule has 0 fully saturated rings. The van der Waals surface area contributed by atoms with Crippen molar-refractivity contribution in [3.8, 4) is 16.9 Å².